The molecule has 0 radical (unpaired) electrons. The van der Waals surface area contributed by atoms with Gasteiger partial charge in [-0.15, -0.1) is 21.6 Å². The summed E-state index contributed by atoms with van der Waals surface area (Å²) < 4.78 is 0. The van der Waals surface area contributed by atoms with E-state index in [4.69, 9.17) is 5.11 Å². The summed E-state index contributed by atoms with van der Waals surface area (Å²) >= 11 is 1.34. The first-order chi connectivity index (χ1) is 7.25. The highest BCUT2D eigenvalue weighted by Gasteiger charge is 2.00. The Morgan fingerprint density at radius 2 is 2.07 bits per heavy atom. The SMILES string of the molecule is Oc1ccc(O)c(N=Nc2nccs2)c1. The van der Waals surface area contributed by atoms with E-state index in [-0.39, 0.29) is 17.2 Å². The van der Waals surface area contributed by atoms with Crippen molar-refractivity contribution in [1.82, 2.24) is 4.98 Å². The van der Waals surface area contributed by atoms with E-state index in [1.807, 2.05) is 0 Å². The van der Waals surface area contributed by atoms with Crippen molar-refractivity contribution in [2.24, 2.45) is 10.2 Å². The highest BCUT2D eigenvalue weighted by atomic mass is 32.1. The van der Waals surface area contributed by atoms with Crippen LogP contribution in [0.3, 0.4) is 0 Å². The fraction of sp³-hybridized carbons (Fsp3) is 0. The predicted octanol–water partition coefficient (Wildman–Crippen LogP) is 2.97. The molecule has 0 bridgehead atoms. The topological polar surface area (TPSA) is 78.1 Å². The Kier molecular flexibility index (Phi) is 2.59. The number of nitrogens with zero attached hydrogens (tertiary/aromatic N) is 3. The predicted molar refractivity (Wildman–Crippen MR) is 56.1 cm³/mol. The number of benzene rings is 1. The molecule has 0 fully saturated rings. The maximum Gasteiger partial charge on any atom is 0.229 e. The van der Waals surface area contributed by atoms with Crippen molar-refractivity contribution in [3.8, 4) is 11.5 Å². The first-order valence-corrected chi connectivity index (χ1v) is 4.97. The van der Waals surface area contributed by atoms with Crippen LogP contribution in [0.1, 0.15) is 0 Å². The molecule has 0 spiro atoms. The molecule has 5 nitrogen and oxygen atoms in total. The van der Waals surface area contributed by atoms with Crippen LogP contribution < -0.4 is 0 Å². The molecule has 1 aromatic carbocycles. The van der Waals surface area contributed by atoms with Crippen molar-refractivity contribution in [3.05, 3.63) is 29.8 Å². The van der Waals surface area contributed by atoms with Crippen molar-refractivity contribution < 1.29 is 10.2 Å². The number of phenols is 2. The quantitative estimate of drug-likeness (QED) is 0.604. The van der Waals surface area contributed by atoms with Gasteiger partial charge < -0.3 is 10.2 Å². The number of aromatic hydroxyl groups is 2. The lowest BCUT2D eigenvalue weighted by Gasteiger charge is -1.96. The van der Waals surface area contributed by atoms with Crippen molar-refractivity contribution in [2.75, 3.05) is 0 Å². The lowest BCUT2D eigenvalue weighted by molar-refractivity contribution is 0.461. The van der Waals surface area contributed by atoms with Crippen LogP contribution in [0, 0.1) is 0 Å². The van der Waals surface area contributed by atoms with Crippen LogP contribution in [0.4, 0.5) is 10.8 Å². The molecule has 0 atom stereocenters. The summed E-state index contributed by atoms with van der Waals surface area (Å²) in [6, 6.07) is 4.05. The summed E-state index contributed by atoms with van der Waals surface area (Å²) in [6.07, 6.45) is 1.61. The summed E-state index contributed by atoms with van der Waals surface area (Å²) in [4.78, 5) is 3.90. The highest BCUT2D eigenvalue weighted by Crippen LogP contribution is 2.31. The molecule has 1 aromatic heterocycles. The summed E-state index contributed by atoms with van der Waals surface area (Å²) in [5, 5.41) is 28.4. The van der Waals surface area contributed by atoms with Gasteiger partial charge in [-0.1, -0.05) is 0 Å². The van der Waals surface area contributed by atoms with Gasteiger partial charge in [0, 0.05) is 17.6 Å². The van der Waals surface area contributed by atoms with Crippen LogP contribution in [0.15, 0.2) is 40.0 Å². The molecule has 0 aliphatic heterocycles. The minimum Gasteiger partial charge on any atom is -0.508 e. The fourth-order valence-electron chi connectivity index (χ4n) is 0.954. The van der Waals surface area contributed by atoms with Gasteiger partial charge in [-0.2, -0.15) is 0 Å². The Hall–Kier alpha value is -1.95. The van der Waals surface area contributed by atoms with Crippen LogP contribution in [0.25, 0.3) is 0 Å². The zero-order chi connectivity index (χ0) is 10.7. The lowest BCUT2D eigenvalue weighted by Crippen LogP contribution is -1.68. The molecule has 15 heavy (non-hydrogen) atoms. The number of hydrogen-bond donors (Lipinski definition) is 2. The molecule has 0 aliphatic rings. The third kappa shape index (κ3) is 2.29. The lowest BCUT2D eigenvalue weighted by atomic mass is 10.3. The zero-order valence-corrected chi connectivity index (χ0v) is 8.35. The monoisotopic (exact) mass is 221 g/mol. The van der Waals surface area contributed by atoms with Gasteiger partial charge in [0.05, 0.1) is 0 Å². The van der Waals surface area contributed by atoms with Gasteiger partial charge in [0.25, 0.3) is 0 Å². The second-order valence-corrected chi connectivity index (χ2v) is 3.56. The summed E-state index contributed by atoms with van der Waals surface area (Å²) in [6.45, 7) is 0. The van der Waals surface area contributed by atoms with Crippen LogP contribution in [-0.4, -0.2) is 15.2 Å². The molecule has 0 aliphatic carbocycles. The minimum atomic E-state index is -0.0342. The Morgan fingerprint density at radius 1 is 1.20 bits per heavy atom. The molecule has 2 N–H and O–H groups in total. The number of aromatic nitrogens is 1. The number of rotatable bonds is 2. The molecular formula is C9H7N3O2S. The third-order valence-corrected chi connectivity index (χ3v) is 2.28. The summed E-state index contributed by atoms with van der Waals surface area (Å²) in [7, 11) is 0. The second kappa shape index (κ2) is 4.05. The molecular weight excluding hydrogens is 214 g/mol. The van der Waals surface area contributed by atoms with E-state index in [2.05, 4.69) is 15.2 Å². The average molecular weight is 221 g/mol. The van der Waals surface area contributed by atoms with E-state index < -0.39 is 0 Å². The summed E-state index contributed by atoms with van der Waals surface area (Å²) in [5.74, 6) is -0.00556. The zero-order valence-electron chi connectivity index (χ0n) is 7.53. The number of hydrogen-bond acceptors (Lipinski definition) is 6. The van der Waals surface area contributed by atoms with E-state index in [0.717, 1.165) is 0 Å². The first-order valence-electron chi connectivity index (χ1n) is 4.09. The van der Waals surface area contributed by atoms with Gasteiger partial charge in [0.15, 0.2) is 0 Å². The maximum atomic E-state index is 9.38. The molecule has 0 saturated heterocycles. The van der Waals surface area contributed by atoms with Crippen molar-refractivity contribution >= 4 is 22.2 Å². The summed E-state index contributed by atoms with van der Waals surface area (Å²) in [5.41, 5.74) is 0.213. The van der Waals surface area contributed by atoms with Gasteiger partial charge in [0.2, 0.25) is 5.13 Å². The van der Waals surface area contributed by atoms with E-state index in [0.29, 0.717) is 5.13 Å². The fourth-order valence-corrected chi connectivity index (χ4v) is 1.41. The molecule has 2 aromatic rings. The average Bonchev–Trinajstić information content (AvgIpc) is 2.72. The standard InChI is InChI=1S/C9H7N3O2S/c13-6-1-2-8(14)7(5-6)11-12-9-10-3-4-15-9/h1-5,13-14H. The van der Waals surface area contributed by atoms with Crippen molar-refractivity contribution in [2.45, 2.75) is 0 Å². The largest absolute Gasteiger partial charge is 0.508 e. The number of thiazole rings is 1. The molecule has 76 valence electrons. The smallest absolute Gasteiger partial charge is 0.229 e. The normalized spacial score (nSPS) is 10.9. The molecule has 6 heteroatoms. The highest BCUT2D eigenvalue weighted by molar-refractivity contribution is 7.13. The number of azo groups is 1. The van der Waals surface area contributed by atoms with Crippen LogP contribution in [0.2, 0.25) is 0 Å². The van der Waals surface area contributed by atoms with Crippen molar-refractivity contribution in [1.29, 1.82) is 0 Å². The van der Waals surface area contributed by atoms with Crippen LogP contribution >= 0.6 is 11.3 Å². The molecule has 0 amide bonds. The van der Waals surface area contributed by atoms with Gasteiger partial charge in [-0.05, 0) is 12.1 Å². The molecule has 0 unspecified atom stereocenters. The van der Waals surface area contributed by atoms with E-state index in [1.54, 1.807) is 11.6 Å². The molecule has 2 rings (SSSR count). The Morgan fingerprint density at radius 3 is 2.80 bits per heavy atom. The van der Waals surface area contributed by atoms with E-state index >= 15 is 0 Å². The van der Waals surface area contributed by atoms with Gasteiger partial charge in [-0.3, -0.25) is 0 Å². The van der Waals surface area contributed by atoms with Crippen molar-refractivity contribution in [3.63, 3.8) is 0 Å². The van der Waals surface area contributed by atoms with E-state index in [1.165, 1.54) is 29.5 Å². The van der Waals surface area contributed by atoms with Crippen LogP contribution in [0.5, 0.6) is 11.5 Å². The maximum absolute atomic E-state index is 9.38. The van der Waals surface area contributed by atoms with Gasteiger partial charge in [0.1, 0.15) is 17.2 Å². The molecule has 0 saturated carbocycles. The first kappa shape index (κ1) is 9.60. The molecule has 1 heterocycles. The minimum absolute atomic E-state index is 0.0286. The number of phenolic OH excluding ortho intramolecular Hbond substituents is 2. The Balaban J connectivity index is 2.27. The third-order valence-electron chi connectivity index (χ3n) is 1.62. The Bertz CT molecular complexity index is 482. The second-order valence-electron chi connectivity index (χ2n) is 2.69. The van der Waals surface area contributed by atoms with Gasteiger partial charge in [-0.25, -0.2) is 4.98 Å². The van der Waals surface area contributed by atoms with Gasteiger partial charge >= 0.3 is 0 Å². The Labute approximate surface area is 89.4 Å². The van der Waals surface area contributed by atoms with E-state index in [9.17, 15) is 5.11 Å². The van der Waals surface area contributed by atoms with Crippen LogP contribution in [-0.2, 0) is 0 Å².